The van der Waals surface area contributed by atoms with Crippen LogP contribution >= 0.6 is 22.9 Å². The number of hydrazone groups is 1. The van der Waals surface area contributed by atoms with Gasteiger partial charge in [0.2, 0.25) is 5.13 Å². The molecule has 1 atom stereocenters. The van der Waals surface area contributed by atoms with Crippen molar-refractivity contribution in [1.82, 2.24) is 4.98 Å². The molecule has 0 fully saturated rings. The Morgan fingerprint density at radius 1 is 1.07 bits per heavy atom. The Balaban J connectivity index is 1.53. The molecular formula is C20H16ClN5OS. The number of hydrogen-bond acceptors (Lipinski definition) is 6. The largest absolute Gasteiger partial charge is 0.282 e. The van der Waals surface area contributed by atoms with Gasteiger partial charge in [-0.1, -0.05) is 41.4 Å². The van der Waals surface area contributed by atoms with E-state index in [2.05, 4.69) is 20.3 Å². The van der Waals surface area contributed by atoms with E-state index in [0.717, 1.165) is 11.3 Å². The first kappa shape index (κ1) is 18.5. The van der Waals surface area contributed by atoms with Gasteiger partial charge >= 0.3 is 0 Å². The van der Waals surface area contributed by atoms with Crippen LogP contribution < -0.4 is 5.01 Å². The van der Waals surface area contributed by atoms with Gasteiger partial charge in [-0.25, -0.2) is 4.98 Å². The Kier molecular flexibility index (Phi) is 5.02. The van der Waals surface area contributed by atoms with Crippen LogP contribution in [0.4, 0.5) is 10.8 Å². The van der Waals surface area contributed by atoms with Gasteiger partial charge in [0, 0.05) is 16.0 Å². The monoisotopic (exact) mass is 409 g/mol. The molecule has 2 aromatic carbocycles. The Bertz CT molecular complexity index is 1070. The summed E-state index contributed by atoms with van der Waals surface area (Å²) in [5.41, 5.74) is 4.20. The van der Waals surface area contributed by atoms with Gasteiger partial charge in [0.1, 0.15) is 0 Å². The highest BCUT2D eigenvalue weighted by Gasteiger charge is 2.36. The van der Waals surface area contributed by atoms with Crippen LogP contribution in [0.1, 0.15) is 12.5 Å². The molecule has 8 heteroatoms. The van der Waals surface area contributed by atoms with Crippen molar-refractivity contribution in [3.05, 3.63) is 64.5 Å². The summed E-state index contributed by atoms with van der Waals surface area (Å²) >= 11 is 7.24. The smallest absolute Gasteiger partial charge is 0.269 e. The number of thiazole rings is 1. The molecule has 2 heterocycles. The topological polar surface area (TPSA) is 70.3 Å². The van der Waals surface area contributed by atoms with Crippen LogP contribution in [0.3, 0.4) is 0 Å². The molecule has 0 saturated heterocycles. The minimum Gasteiger partial charge on any atom is -0.269 e. The van der Waals surface area contributed by atoms with Crippen molar-refractivity contribution in [2.24, 2.45) is 15.3 Å². The highest BCUT2D eigenvalue weighted by Crippen LogP contribution is 2.31. The minimum absolute atomic E-state index is 0.264. The number of hydrogen-bond donors (Lipinski definition) is 0. The SMILES string of the molecule is CC1=NN(c2nc(-c3ccc(C)cc3)cs2)C(=O)[C@H]1N=Nc1ccc(Cl)cc1. The maximum absolute atomic E-state index is 12.8. The molecule has 6 nitrogen and oxygen atoms in total. The molecule has 0 radical (unpaired) electrons. The molecule has 140 valence electrons. The maximum atomic E-state index is 12.8. The van der Waals surface area contributed by atoms with Crippen molar-refractivity contribution < 1.29 is 4.79 Å². The van der Waals surface area contributed by atoms with Gasteiger partial charge in [-0.3, -0.25) is 4.79 Å². The fraction of sp³-hybridized carbons (Fsp3) is 0.150. The molecule has 1 aliphatic heterocycles. The van der Waals surface area contributed by atoms with E-state index in [1.165, 1.54) is 21.9 Å². The van der Waals surface area contributed by atoms with Crippen LogP contribution in [-0.4, -0.2) is 22.6 Å². The summed E-state index contributed by atoms with van der Waals surface area (Å²) in [5.74, 6) is -0.264. The van der Waals surface area contributed by atoms with Crippen LogP contribution in [-0.2, 0) is 4.79 Å². The van der Waals surface area contributed by atoms with E-state index in [9.17, 15) is 4.79 Å². The summed E-state index contributed by atoms with van der Waals surface area (Å²) in [6, 6.07) is 14.3. The number of anilines is 1. The van der Waals surface area contributed by atoms with E-state index in [1.807, 2.05) is 36.6 Å². The Hall–Kier alpha value is -2.90. The number of carbonyl (C=O) groups excluding carboxylic acids is 1. The predicted octanol–water partition coefficient (Wildman–Crippen LogP) is 5.65. The maximum Gasteiger partial charge on any atom is 0.282 e. The Morgan fingerprint density at radius 2 is 1.79 bits per heavy atom. The number of aryl methyl sites for hydroxylation is 1. The van der Waals surface area contributed by atoms with Crippen LogP contribution in [0.2, 0.25) is 5.02 Å². The number of benzene rings is 2. The molecule has 0 unspecified atom stereocenters. The summed E-state index contributed by atoms with van der Waals surface area (Å²) in [6.45, 7) is 3.80. The molecule has 0 N–H and O–H groups in total. The molecule has 1 amide bonds. The summed E-state index contributed by atoms with van der Waals surface area (Å²) < 4.78 is 0. The molecule has 1 aromatic heterocycles. The van der Waals surface area contributed by atoms with E-state index in [4.69, 9.17) is 11.6 Å². The number of nitrogens with zero attached hydrogens (tertiary/aromatic N) is 5. The fourth-order valence-corrected chi connectivity index (χ4v) is 3.59. The second-order valence-corrected chi connectivity index (χ2v) is 7.64. The van der Waals surface area contributed by atoms with Crippen molar-refractivity contribution in [2.45, 2.75) is 19.9 Å². The molecule has 0 aliphatic carbocycles. The third kappa shape index (κ3) is 3.72. The lowest BCUT2D eigenvalue weighted by Gasteiger charge is -2.08. The lowest BCUT2D eigenvalue weighted by Crippen LogP contribution is -2.29. The normalized spacial score (nSPS) is 16.8. The summed E-state index contributed by atoms with van der Waals surface area (Å²) in [7, 11) is 0. The summed E-state index contributed by atoms with van der Waals surface area (Å²) in [5, 5.41) is 17.0. The zero-order valence-corrected chi connectivity index (χ0v) is 16.8. The lowest BCUT2D eigenvalue weighted by atomic mass is 10.1. The zero-order chi connectivity index (χ0) is 19.7. The average molecular weight is 410 g/mol. The van der Waals surface area contributed by atoms with Crippen LogP contribution in [0.15, 0.2) is 69.2 Å². The third-order valence-electron chi connectivity index (χ3n) is 4.23. The first-order valence-electron chi connectivity index (χ1n) is 8.59. The second kappa shape index (κ2) is 7.61. The molecule has 0 bridgehead atoms. The average Bonchev–Trinajstić information content (AvgIpc) is 3.27. The van der Waals surface area contributed by atoms with Crippen LogP contribution in [0.25, 0.3) is 11.3 Å². The number of azo groups is 1. The summed E-state index contributed by atoms with van der Waals surface area (Å²) in [4.78, 5) is 17.4. The molecule has 3 aromatic rings. The van der Waals surface area contributed by atoms with E-state index < -0.39 is 6.04 Å². The highest BCUT2D eigenvalue weighted by atomic mass is 35.5. The van der Waals surface area contributed by atoms with Gasteiger partial charge in [-0.2, -0.15) is 20.3 Å². The van der Waals surface area contributed by atoms with Crippen molar-refractivity contribution in [1.29, 1.82) is 0 Å². The molecular weight excluding hydrogens is 394 g/mol. The van der Waals surface area contributed by atoms with E-state index in [-0.39, 0.29) is 5.91 Å². The zero-order valence-electron chi connectivity index (χ0n) is 15.2. The van der Waals surface area contributed by atoms with Crippen molar-refractivity contribution in [3.8, 4) is 11.3 Å². The number of carbonyl (C=O) groups is 1. The van der Waals surface area contributed by atoms with E-state index >= 15 is 0 Å². The third-order valence-corrected chi connectivity index (χ3v) is 5.30. The molecule has 0 saturated carbocycles. The molecule has 0 spiro atoms. The number of halogens is 1. The number of rotatable bonds is 4. The number of aromatic nitrogens is 1. The van der Waals surface area contributed by atoms with Gasteiger partial charge < -0.3 is 0 Å². The highest BCUT2D eigenvalue weighted by molar-refractivity contribution is 7.14. The Labute approximate surface area is 171 Å². The van der Waals surface area contributed by atoms with Crippen LogP contribution in [0, 0.1) is 6.92 Å². The molecule has 1 aliphatic rings. The standard InChI is InChI=1S/C20H16ClN5OS/c1-12-3-5-14(6-4-12)17-11-28-20(22-17)26-19(27)18(13(2)25-26)24-23-16-9-7-15(21)8-10-16/h3-11,18H,1-2H3/t18-/m0/s1. The first-order chi connectivity index (χ1) is 13.5. The predicted molar refractivity (Wildman–Crippen MR) is 113 cm³/mol. The lowest BCUT2D eigenvalue weighted by molar-refractivity contribution is -0.117. The summed E-state index contributed by atoms with van der Waals surface area (Å²) in [6.07, 6.45) is 0. The molecule has 4 rings (SSSR count). The number of amides is 1. The minimum atomic E-state index is -0.748. The van der Waals surface area contributed by atoms with Crippen molar-refractivity contribution in [3.63, 3.8) is 0 Å². The van der Waals surface area contributed by atoms with Crippen molar-refractivity contribution >= 4 is 45.4 Å². The molecule has 28 heavy (non-hydrogen) atoms. The Morgan fingerprint density at radius 3 is 2.50 bits per heavy atom. The van der Waals surface area contributed by atoms with Gasteiger partial charge in [0.25, 0.3) is 5.91 Å². The van der Waals surface area contributed by atoms with E-state index in [1.54, 1.807) is 31.2 Å². The first-order valence-corrected chi connectivity index (χ1v) is 9.85. The quantitative estimate of drug-likeness (QED) is 0.522. The second-order valence-electron chi connectivity index (χ2n) is 6.37. The van der Waals surface area contributed by atoms with Crippen molar-refractivity contribution in [2.75, 3.05) is 5.01 Å². The van der Waals surface area contributed by atoms with Gasteiger partial charge in [-0.05, 0) is 38.1 Å². The van der Waals surface area contributed by atoms with Gasteiger partial charge in [-0.15, -0.1) is 11.3 Å². The van der Waals surface area contributed by atoms with Gasteiger partial charge in [0.15, 0.2) is 6.04 Å². The van der Waals surface area contributed by atoms with E-state index in [0.29, 0.717) is 21.6 Å². The van der Waals surface area contributed by atoms with Gasteiger partial charge in [0.05, 0.1) is 17.1 Å². The fourth-order valence-electron chi connectivity index (χ4n) is 2.68. The van der Waals surface area contributed by atoms with Crippen LogP contribution in [0.5, 0.6) is 0 Å².